The molecule has 0 aliphatic heterocycles. The van der Waals surface area contributed by atoms with Crippen LogP contribution in [-0.2, 0) is 0 Å². The van der Waals surface area contributed by atoms with Crippen LogP contribution >= 0.6 is 0 Å². The largest absolute Gasteiger partial charge is 0.308 e. The van der Waals surface area contributed by atoms with Gasteiger partial charge in [-0.1, -0.05) is 37.6 Å². The highest BCUT2D eigenvalue weighted by Gasteiger charge is 2.10. The molecule has 0 radical (unpaired) electrons. The highest BCUT2D eigenvalue weighted by Crippen LogP contribution is 2.23. The number of nitrogens with one attached hydrogen (secondary N) is 1. The average Bonchev–Trinajstić information content (AvgIpc) is 2.44. The van der Waals surface area contributed by atoms with Crippen molar-refractivity contribution in [3.63, 3.8) is 0 Å². The molecule has 1 aromatic heterocycles. The number of nitrogens with zero attached hydrogens (tertiary/aromatic N) is 2. The third-order valence-electron chi connectivity index (χ3n) is 3.00. The van der Waals surface area contributed by atoms with E-state index in [1.54, 1.807) is 11.2 Å². The van der Waals surface area contributed by atoms with Gasteiger partial charge in [-0.2, -0.15) is 0 Å². The number of pyridine rings is 1. The molecule has 1 aromatic rings. The van der Waals surface area contributed by atoms with Crippen LogP contribution in [0.15, 0.2) is 41.6 Å². The Morgan fingerprint density at radius 2 is 2.10 bits per heavy atom. The van der Waals surface area contributed by atoms with Crippen LogP contribution in [0.1, 0.15) is 39.2 Å². The van der Waals surface area contributed by atoms with Gasteiger partial charge in [-0.3, -0.25) is 5.01 Å². The third kappa shape index (κ3) is 4.63. The molecule has 0 bridgehead atoms. The van der Waals surface area contributed by atoms with Gasteiger partial charge in [0.15, 0.2) is 0 Å². The highest BCUT2D eigenvalue weighted by atomic mass is 15.4. The van der Waals surface area contributed by atoms with E-state index in [0.29, 0.717) is 12.5 Å². The summed E-state index contributed by atoms with van der Waals surface area (Å²) in [6.07, 6.45) is 7.10. The Labute approximate surface area is 121 Å². The number of aromatic nitrogens is 1. The second-order valence-corrected chi connectivity index (χ2v) is 5.20. The van der Waals surface area contributed by atoms with Crippen LogP contribution in [0.4, 0.5) is 5.82 Å². The van der Waals surface area contributed by atoms with Crippen LogP contribution in [0.3, 0.4) is 0 Å². The second kappa shape index (κ2) is 7.60. The Hall–Kier alpha value is -1.94. The molecule has 0 amide bonds. The lowest BCUT2D eigenvalue weighted by Gasteiger charge is -2.20. The van der Waals surface area contributed by atoms with Gasteiger partial charge >= 0.3 is 0 Å². The van der Waals surface area contributed by atoms with E-state index in [2.05, 4.69) is 24.9 Å². The molecule has 0 aliphatic carbocycles. The fourth-order valence-electron chi connectivity index (χ4n) is 1.89. The summed E-state index contributed by atoms with van der Waals surface area (Å²) in [7, 11) is 0. The van der Waals surface area contributed by atoms with E-state index in [0.717, 1.165) is 22.5 Å². The minimum atomic E-state index is 0.384. The first-order valence-electron chi connectivity index (χ1n) is 6.78. The number of hydrogen-bond acceptors (Lipinski definition) is 4. The predicted octanol–water partition coefficient (Wildman–Crippen LogP) is 3.43. The molecule has 0 unspecified atom stereocenters. The molecule has 108 valence electrons. The second-order valence-electron chi connectivity index (χ2n) is 5.20. The van der Waals surface area contributed by atoms with Crippen molar-refractivity contribution in [3.05, 3.63) is 47.2 Å². The van der Waals surface area contributed by atoms with Crippen LogP contribution in [0, 0.1) is 5.41 Å². The number of allylic oxidation sites excluding steroid dienone is 3. The summed E-state index contributed by atoms with van der Waals surface area (Å²) in [5, 5.41) is 8.82. The smallest absolute Gasteiger partial charge is 0.146 e. The molecule has 0 fully saturated rings. The molecule has 0 saturated carbocycles. The number of nitrogens with two attached hydrogens (primary N) is 1. The summed E-state index contributed by atoms with van der Waals surface area (Å²) in [4.78, 5) is 4.37. The van der Waals surface area contributed by atoms with Gasteiger partial charge in [0, 0.05) is 12.4 Å². The minimum Gasteiger partial charge on any atom is -0.308 e. The van der Waals surface area contributed by atoms with Gasteiger partial charge in [-0.15, -0.1) is 0 Å². The van der Waals surface area contributed by atoms with E-state index in [1.807, 2.05) is 32.1 Å². The molecule has 0 saturated heterocycles. The van der Waals surface area contributed by atoms with E-state index >= 15 is 0 Å². The van der Waals surface area contributed by atoms with Crippen molar-refractivity contribution in [2.24, 2.45) is 5.84 Å². The fraction of sp³-hybridized carbons (Fsp3) is 0.375. The van der Waals surface area contributed by atoms with Crippen LogP contribution in [0.5, 0.6) is 0 Å². The van der Waals surface area contributed by atoms with E-state index in [1.165, 1.54) is 6.21 Å². The summed E-state index contributed by atoms with van der Waals surface area (Å²) >= 11 is 0. The lowest BCUT2D eigenvalue weighted by atomic mass is 10.0. The molecule has 0 atom stereocenters. The van der Waals surface area contributed by atoms with E-state index < -0.39 is 0 Å². The van der Waals surface area contributed by atoms with Crippen LogP contribution in [-0.4, -0.2) is 17.7 Å². The highest BCUT2D eigenvalue weighted by molar-refractivity contribution is 5.75. The summed E-state index contributed by atoms with van der Waals surface area (Å²) in [5.41, 5.74) is 3.15. The number of hydrazine groups is 1. The maximum absolute atomic E-state index is 7.16. The zero-order valence-electron chi connectivity index (χ0n) is 12.7. The zero-order chi connectivity index (χ0) is 15.1. The van der Waals surface area contributed by atoms with E-state index in [4.69, 9.17) is 11.3 Å². The Bertz CT molecular complexity index is 515. The van der Waals surface area contributed by atoms with Gasteiger partial charge in [-0.05, 0) is 37.0 Å². The van der Waals surface area contributed by atoms with Crippen LogP contribution < -0.4 is 10.9 Å². The van der Waals surface area contributed by atoms with Gasteiger partial charge in [0.2, 0.25) is 0 Å². The first-order valence-corrected chi connectivity index (χ1v) is 6.78. The molecular weight excluding hydrogens is 248 g/mol. The average molecular weight is 272 g/mol. The van der Waals surface area contributed by atoms with Crippen molar-refractivity contribution < 1.29 is 0 Å². The molecule has 4 nitrogen and oxygen atoms in total. The first kappa shape index (κ1) is 16.1. The Morgan fingerprint density at radius 1 is 1.40 bits per heavy atom. The Morgan fingerprint density at radius 3 is 2.70 bits per heavy atom. The number of anilines is 1. The summed E-state index contributed by atoms with van der Waals surface area (Å²) in [5.74, 6) is 7.31. The third-order valence-corrected chi connectivity index (χ3v) is 3.00. The van der Waals surface area contributed by atoms with E-state index in [9.17, 15) is 0 Å². The first-order chi connectivity index (χ1) is 9.45. The summed E-state index contributed by atoms with van der Waals surface area (Å²) in [6.45, 7) is 8.75. The van der Waals surface area contributed by atoms with E-state index in [-0.39, 0.29) is 0 Å². The van der Waals surface area contributed by atoms with Crippen molar-refractivity contribution in [1.82, 2.24) is 4.98 Å². The molecule has 0 aliphatic rings. The van der Waals surface area contributed by atoms with Crippen LogP contribution in [0.2, 0.25) is 0 Å². The van der Waals surface area contributed by atoms with Gasteiger partial charge in [0.1, 0.15) is 5.82 Å². The molecule has 1 rings (SSSR count). The number of hydrogen-bond donors (Lipinski definition) is 2. The maximum atomic E-state index is 7.16. The lowest BCUT2D eigenvalue weighted by Crippen LogP contribution is -2.33. The standard InChI is InChI=1S/C16H24N4/c1-12(2)15-6-5-8-19-16(15)20(18)9-7-13(3)10-14(4)11-17/h5-8,10-12,17H,9,18H2,1-4H3/b13-7+,14-10-,17-11?. The Kier molecular flexibility index (Phi) is 6.12. The van der Waals surface area contributed by atoms with Crippen molar-refractivity contribution in [2.45, 2.75) is 33.6 Å². The maximum Gasteiger partial charge on any atom is 0.146 e. The van der Waals surface area contributed by atoms with Gasteiger partial charge in [0.25, 0.3) is 0 Å². The van der Waals surface area contributed by atoms with Crippen molar-refractivity contribution in [3.8, 4) is 0 Å². The zero-order valence-corrected chi connectivity index (χ0v) is 12.7. The normalized spacial score (nSPS) is 12.7. The molecule has 3 N–H and O–H groups in total. The van der Waals surface area contributed by atoms with Crippen molar-refractivity contribution in [2.75, 3.05) is 11.6 Å². The molecule has 1 heterocycles. The summed E-state index contributed by atoms with van der Waals surface area (Å²) < 4.78 is 0. The van der Waals surface area contributed by atoms with Gasteiger partial charge in [-0.25, -0.2) is 10.8 Å². The van der Waals surface area contributed by atoms with Gasteiger partial charge < -0.3 is 5.41 Å². The molecule has 20 heavy (non-hydrogen) atoms. The van der Waals surface area contributed by atoms with Crippen LogP contribution in [0.25, 0.3) is 0 Å². The monoisotopic (exact) mass is 272 g/mol. The van der Waals surface area contributed by atoms with Crippen molar-refractivity contribution >= 4 is 12.0 Å². The molecule has 4 heteroatoms. The Balaban J connectivity index is 2.85. The molecule has 0 spiro atoms. The predicted molar refractivity (Wildman–Crippen MR) is 86.2 cm³/mol. The lowest BCUT2D eigenvalue weighted by molar-refractivity contribution is 0.820. The number of rotatable bonds is 6. The summed E-state index contributed by atoms with van der Waals surface area (Å²) in [6, 6.07) is 3.99. The SMILES string of the molecule is C/C(C=N)=C/C(C)=C/CN(N)c1ncccc1C(C)C. The van der Waals surface area contributed by atoms with Gasteiger partial charge in [0.05, 0.1) is 6.54 Å². The van der Waals surface area contributed by atoms with Crippen molar-refractivity contribution in [1.29, 1.82) is 5.41 Å². The molecular formula is C16H24N4. The minimum absolute atomic E-state index is 0.384. The molecule has 0 aromatic carbocycles. The topological polar surface area (TPSA) is 66.0 Å². The quantitative estimate of drug-likeness (QED) is 0.361. The fourth-order valence-corrected chi connectivity index (χ4v) is 1.89.